The van der Waals surface area contributed by atoms with Gasteiger partial charge in [0.05, 0.1) is 11.1 Å². The van der Waals surface area contributed by atoms with Crippen LogP contribution in [0.5, 0.6) is 0 Å². The van der Waals surface area contributed by atoms with E-state index >= 15 is 0 Å². The lowest BCUT2D eigenvalue weighted by Gasteiger charge is -2.23. The Morgan fingerprint density at radius 2 is 1.93 bits per heavy atom. The Labute approximate surface area is 173 Å². The summed E-state index contributed by atoms with van der Waals surface area (Å²) in [7, 11) is 0. The van der Waals surface area contributed by atoms with Gasteiger partial charge in [-0.2, -0.15) is 0 Å². The van der Waals surface area contributed by atoms with Crippen molar-refractivity contribution in [2.75, 3.05) is 6.54 Å². The van der Waals surface area contributed by atoms with Crippen molar-refractivity contribution in [1.29, 1.82) is 0 Å². The fraction of sp³-hybridized carbons (Fsp3) is 0.167. The molecule has 4 aromatic rings. The molecule has 1 unspecified atom stereocenters. The maximum Gasteiger partial charge on any atom is 0.253 e. The Morgan fingerprint density at radius 3 is 2.79 bits per heavy atom. The topological polar surface area (TPSA) is 57.8 Å². The SMILES string of the molecule is Cc1cccc(CC2CNC(=O)c3cc(-c4cccc5ccc(Cl)nc45)[nH]c32)c1. The van der Waals surface area contributed by atoms with Gasteiger partial charge in [-0.3, -0.25) is 4.79 Å². The molecule has 4 nitrogen and oxygen atoms in total. The fourth-order valence-corrected chi connectivity index (χ4v) is 4.32. The standard InChI is InChI=1S/C24H20ClN3O/c1-14-4-2-5-15(10-14)11-17-13-26-24(29)19-12-20(27-23(17)19)18-7-3-6-16-8-9-21(25)28-22(16)18/h2-10,12,17,27H,11,13H2,1H3,(H,26,29). The van der Waals surface area contributed by atoms with Crippen molar-refractivity contribution in [3.8, 4) is 11.3 Å². The third kappa shape index (κ3) is 3.30. The molecule has 2 aromatic heterocycles. The molecule has 0 saturated heterocycles. The van der Waals surface area contributed by atoms with Crippen molar-refractivity contribution in [3.63, 3.8) is 0 Å². The number of H-pyrrole nitrogens is 1. The van der Waals surface area contributed by atoms with Gasteiger partial charge in [0.1, 0.15) is 5.15 Å². The number of hydrogen-bond donors (Lipinski definition) is 2. The van der Waals surface area contributed by atoms with Gasteiger partial charge in [0.15, 0.2) is 0 Å². The second kappa shape index (κ2) is 7.05. The summed E-state index contributed by atoms with van der Waals surface area (Å²) < 4.78 is 0. The van der Waals surface area contributed by atoms with Crippen molar-refractivity contribution in [1.82, 2.24) is 15.3 Å². The van der Waals surface area contributed by atoms with Gasteiger partial charge >= 0.3 is 0 Å². The molecule has 29 heavy (non-hydrogen) atoms. The second-order valence-corrected chi connectivity index (χ2v) is 8.01. The van der Waals surface area contributed by atoms with Gasteiger partial charge < -0.3 is 10.3 Å². The van der Waals surface area contributed by atoms with Crippen molar-refractivity contribution in [3.05, 3.63) is 88.2 Å². The first kappa shape index (κ1) is 18.0. The van der Waals surface area contributed by atoms with E-state index in [0.717, 1.165) is 34.3 Å². The van der Waals surface area contributed by atoms with Gasteiger partial charge in [-0.05, 0) is 37.1 Å². The zero-order valence-corrected chi connectivity index (χ0v) is 16.8. The van der Waals surface area contributed by atoms with Crippen LogP contribution in [0.1, 0.15) is 33.1 Å². The van der Waals surface area contributed by atoms with Gasteiger partial charge in [0, 0.05) is 34.8 Å². The molecular weight excluding hydrogens is 382 g/mol. The monoisotopic (exact) mass is 401 g/mol. The molecule has 5 rings (SSSR count). The predicted octanol–water partition coefficient (Wildman–Crippen LogP) is 5.26. The smallest absolute Gasteiger partial charge is 0.253 e. The average molecular weight is 402 g/mol. The minimum atomic E-state index is -0.0331. The zero-order valence-electron chi connectivity index (χ0n) is 16.0. The van der Waals surface area contributed by atoms with Crippen molar-refractivity contribution in [2.24, 2.45) is 0 Å². The molecule has 144 valence electrons. The van der Waals surface area contributed by atoms with Crippen LogP contribution >= 0.6 is 11.6 Å². The van der Waals surface area contributed by atoms with Crippen LogP contribution in [0.3, 0.4) is 0 Å². The Morgan fingerprint density at radius 1 is 1.07 bits per heavy atom. The van der Waals surface area contributed by atoms with Crippen molar-refractivity contribution in [2.45, 2.75) is 19.3 Å². The van der Waals surface area contributed by atoms with E-state index in [2.05, 4.69) is 46.5 Å². The lowest BCUT2D eigenvalue weighted by molar-refractivity contribution is 0.0940. The molecule has 3 heterocycles. The van der Waals surface area contributed by atoms with Gasteiger partial charge in [-0.25, -0.2) is 4.98 Å². The third-order valence-corrected chi connectivity index (χ3v) is 5.76. The van der Waals surface area contributed by atoms with Gasteiger partial charge in [0.2, 0.25) is 0 Å². The second-order valence-electron chi connectivity index (χ2n) is 7.62. The number of carbonyl (C=O) groups excluding carboxylic acids is 1. The van der Waals surface area contributed by atoms with Crippen LogP contribution in [0.4, 0.5) is 0 Å². The molecule has 0 saturated carbocycles. The molecule has 1 aliphatic heterocycles. The highest BCUT2D eigenvalue weighted by molar-refractivity contribution is 6.29. The third-order valence-electron chi connectivity index (χ3n) is 5.55. The van der Waals surface area contributed by atoms with E-state index in [4.69, 9.17) is 11.6 Å². The summed E-state index contributed by atoms with van der Waals surface area (Å²) in [5, 5.41) is 4.51. The van der Waals surface area contributed by atoms with Crippen LogP contribution in [-0.4, -0.2) is 22.4 Å². The van der Waals surface area contributed by atoms with Crippen molar-refractivity contribution >= 4 is 28.4 Å². The van der Waals surface area contributed by atoms with Gasteiger partial charge in [-0.1, -0.05) is 59.6 Å². The minimum absolute atomic E-state index is 0.0331. The highest BCUT2D eigenvalue weighted by Crippen LogP contribution is 2.34. The number of hydrogen-bond acceptors (Lipinski definition) is 2. The summed E-state index contributed by atoms with van der Waals surface area (Å²) in [5.74, 6) is 0.166. The maximum atomic E-state index is 12.5. The number of pyridine rings is 1. The Kier molecular flexibility index (Phi) is 4.36. The molecule has 5 heteroatoms. The molecule has 1 aliphatic rings. The number of para-hydroxylation sites is 1. The van der Waals surface area contributed by atoms with Crippen LogP contribution in [0.25, 0.3) is 22.2 Å². The molecule has 1 amide bonds. The first-order valence-corrected chi connectivity index (χ1v) is 10.1. The number of fused-ring (bicyclic) bond motifs is 2. The maximum absolute atomic E-state index is 12.5. The van der Waals surface area contributed by atoms with E-state index < -0.39 is 0 Å². The molecule has 1 atom stereocenters. The molecule has 0 spiro atoms. The van der Waals surface area contributed by atoms with Crippen LogP contribution in [0, 0.1) is 6.92 Å². The van der Waals surface area contributed by atoms with Gasteiger partial charge in [-0.15, -0.1) is 0 Å². The van der Waals surface area contributed by atoms with Crippen LogP contribution in [0.15, 0.2) is 60.7 Å². The Bertz CT molecular complexity index is 1240. The number of aryl methyl sites for hydroxylation is 1. The van der Waals surface area contributed by atoms with E-state index in [1.54, 1.807) is 6.07 Å². The highest BCUT2D eigenvalue weighted by atomic mass is 35.5. The summed E-state index contributed by atoms with van der Waals surface area (Å²) in [4.78, 5) is 20.6. The van der Waals surface area contributed by atoms with E-state index in [1.807, 2.05) is 30.3 Å². The number of aromatic nitrogens is 2. The van der Waals surface area contributed by atoms with E-state index in [9.17, 15) is 4.79 Å². The first-order chi connectivity index (χ1) is 14.1. The number of amides is 1. The van der Waals surface area contributed by atoms with E-state index in [-0.39, 0.29) is 11.8 Å². The first-order valence-electron chi connectivity index (χ1n) is 9.71. The number of aromatic amines is 1. The van der Waals surface area contributed by atoms with E-state index in [1.165, 1.54) is 11.1 Å². The molecular formula is C24H20ClN3O. The number of carbonyl (C=O) groups is 1. The molecule has 0 aliphatic carbocycles. The van der Waals surface area contributed by atoms with Gasteiger partial charge in [0.25, 0.3) is 5.91 Å². The summed E-state index contributed by atoms with van der Waals surface area (Å²) in [5.41, 5.74) is 6.88. The molecule has 0 fully saturated rings. The summed E-state index contributed by atoms with van der Waals surface area (Å²) in [6.45, 7) is 2.72. The summed E-state index contributed by atoms with van der Waals surface area (Å²) >= 11 is 6.14. The highest BCUT2D eigenvalue weighted by Gasteiger charge is 2.28. The number of nitrogens with zero attached hydrogens (tertiary/aromatic N) is 1. The average Bonchev–Trinajstić information content (AvgIpc) is 3.16. The van der Waals surface area contributed by atoms with Crippen LogP contribution in [-0.2, 0) is 6.42 Å². The molecule has 0 radical (unpaired) electrons. The molecule has 2 aromatic carbocycles. The lowest BCUT2D eigenvalue weighted by atomic mass is 9.90. The number of rotatable bonds is 3. The normalized spacial score (nSPS) is 15.9. The Hall–Kier alpha value is -3.11. The van der Waals surface area contributed by atoms with Crippen LogP contribution < -0.4 is 5.32 Å². The minimum Gasteiger partial charge on any atom is -0.357 e. The number of nitrogens with one attached hydrogen (secondary N) is 2. The number of halogens is 1. The zero-order chi connectivity index (χ0) is 20.0. The largest absolute Gasteiger partial charge is 0.357 e. The lowest BCUT2D eigenvalue weighted by Crippen LogP contribution is -2.35. The molecule has 2 N–H and O–H groups in total. The van der Waals surface area contributed by atoms with Crippen molar-refractivity contribution < 1.29 is 4.79 Å². The number of benzene rings is 2. The predicted molar refractivity (Wildman–Crippen MR) is 116 cm³/mol. The Balaban J connectivity index is 1.59. The fourth-order valence-electron chi connectivity index (χ4n) is 4.18. The van der Waals surface area contributed by atoms with Crippen LogP contribution in [0.2, 0.25) is 5.15 Å². The summed E-state index contributed by atoms with van der Waals surface area (Å²) in [6, 6.07) is 20.2. The van der Waals surface area contributed by atoms with E-state index in [0.29, 0.717) is 17.3 Å². The quantitative estimate of drug-likeness (QED) is 0.460. The molecule has 0 bridgehead atoms. The summed E-state index contributed by atoms with van der Waals surface area (Å²) in [6.07, 6.45) is 0.870.